The standard InChI is InChI=1S/C30H30.2CH3.2ClH.Zr/c1-2-11-23-20-24(19-22(23)10-1)26-13-5-6-14-27(26)28-15-7-8-16-29(28)30-18-17-21-9-3-4-12-25(21)30;;;;;/h1-16,21-25,30H,17-20H2;2*1H3;2*1H;/q;2*-1;;;+4/p-2. The molecule has 0 nitrogen and oxygen atoms in total. The van der Waals surface area contributed by atoms with Gasteiger partial charge in [0.15, 0.2) is 0 Å². The van der Waals surface area contributed by atoms with Gasteiger partial charge in [0, 0.05) is 0 Å². The molecule has 4 aliphatic carbocycles. The summed E-state index contributed by atoms with van der Waals surface area (Å²) < 4.78 is 0. The van der Waals surface area contributed by atoms with Crippen molar-refractivity contribution in [1.82, 2.24) is 0 Å². The maximum atomic E-state index is 4.93. The van der Waals surface area contributed by atoms with Crippen molar-refractivity contribution in [2.75, 3.05) is 0 Å². The molecule has 0 saturated heterocycles. The molecule has 6 rings (SSSR count). The zero-order valence-corrected chi connectivity index (χ0v) is 24.8. The average Bonchev–Trinajstić information content (AvgIpc) is 3.49. The van der Waals surface area contributed by atoms with Crippen LogP contribution in [0, 0.1) is 38.5 Å². The molecule has 0 N–H and O–H groups in total. The van der Waals surface area contributed by atoms with Gasteiger partial charge in [-0.15, -0.1) is 0 Å². The van der Waals surface area contributed by atoms with Crippen LogP contribution >= 0.6 is 17.0 Å². The molecule has 2 aromatic carbocycles. The molecular formula is C32H36Cl2Zr. The summed E-state index contributed by atoms with van der Waals surface area (Å²) in [6.07, 6.45) is 23.9. The Morgan fingerprint density at radius 1 is 0.600 bits per heavy atom. The predicted octanol–water partition coefficient (Wildman–Crippen LogP) is 10.1. The molecule has 182 valence electrons. The van der Waals surface area contributed by atoms with E-state index >= 15 is 0 Å². The van der Waals surface area contributed by atoms with E-state index < -0.39 is 20.8 Å². The Balaban J connectivity index is 0.000000653. The minimum absolute atomic E-state index is 0. The molecule has 3 heteroatoms. The second kappa shape index (κ2) is 13.4. The monoisotopic (exact) mass is 580 g/mol. The average molecular weight is 583 g/mol. The quantitative estimate of drug-likeness (QED) is 0.316. The summed E-state index contributed by atoms with van der Waals surface area (Å²) in [5.41, 5.74) is 6.08. The van der Waals surface area contributed by atoms with Gasteiger partial charge in [-0.05, 0) is 83.4 Å². The minimum atomic E-state index is -0.826. The van der Waals surface area contributed by atoms with Gasteiger partial charge in [-0.25, -0.2) is 0 Å². The normalized spacial score (nSPS) is 29.1. The molecule has 0 radical (unpaired) electrons. The van der Waals surface area contributed by atoms with Crippen molar-refractivity contribution in [1.29, 1.82) is 0 Å². The molecule has 0 heterocycles. The van der Waals surface area contributed by atoms with Crippen molar-refractivity contribution in [3.05, 3.63) is 123 Å². The van der Waals surface area contributed by atoms with Crippen LogP contribution in [0.2, 0.25) is 0 Å². The summed E-state index contributed by atoms with van der Waals surface area (Å²) >= 11 is -0.826. The van der Waals surface area contributed by atoms with E-state index in [0.29, 0.717) is 17.8 Å². The molecule has 35 heavy (non-hydrogen) atoms. The van der Waals surface area contributed by atoms with Gasteiger partial charge in [0.05, 0.1) is 0 Å². The van der Waals surface area contributed by atoms with E-state index in [-0.39, 0.29) is 14.9 Å². The first-order chi connectivity index (χ1) is 16.3. The third-order valence-electron chi connectivity index (χ3n) is 8.11. The number of allylic oxidation sites excluding steroid dienone is 8. The van der Waals surface area contributed by atoms with Crippen molar-refractivity contribution in [2.45, 2.75) is 37.5 Å². The number of hydrogen-bond acceptors (Lipinski definition) is 0. The maximum absolute atomic E-state index is 4.93. The predicted molar refractivity (Wildman–Crippen MR) is 151 cm³/mol. The van der Waals surface area contributed by atoms with Gasteiger partial charge in [-0.3, -0.25) is 0 Å². The molecule has 0 aromatic heterocycles. The van der Waals surface area contributed by atoms with Crippen LogP contribution in [0.1, 0.15) is 48.6 Å². The topological polar surface area (TPSA) is 0 Å². The Kier molecular flexibility index (Phi) is 10.9. The van der Waals surface area contributed by atoms with Crippen molar-refractivity contribution < 1.29 is 20.8 Å². The van der Waals surface area contributed by atoms with E-state index in [4.69, 9.17) is 17.0 Å². The summed E-state index contributed by atoms with van der Waals surface area (Å²) in [6.45, 7) is 0. The molecule has 0 amide bonds. The third-order valence-corrected chi connectivity index (χ3v) is 8.11. The Morgan fingerprint density at radius 2 is 1.09 bits per heavy atom. The Bertz CT molecular complexity index is 1060. The van der Waals surface area contributed by atoms with E-state index in [1.807, 2.05) is 0 Å². The van der Waals surface area contributed by atoms with E-state index in [1.54, 1.807) is 11.1 Å². The first-order valence-corrected chi connectivity index (χ1v) is 18.5. The Labute approximate surface area is 231 Å². The fraction of sp³-hybridized carbons (Fsp3) is 0.312. The summed E-state index contributed by atoms with van der Waals surface area (Å²) in [6, 6.07) is 18.5. The number of rotatable bonds is 3. The molecule has 0 bridgehead atoms. The van der Waals surface area contributed by atoms with Crippen LogP contribution in [-0.4, -0.2) is 0 Å². The van der Waals surface area contributed by atoms with Crippen molar-refractivity contribution in [3.8, 4) is 11.1 Å². The van der Waals surface area contributed by atoms with Gasteiger partial charge in [-0.2, -0.15) is 0 Å². The zero-order valence-electron chi connectivity index (χ0n) is 20.8. The summed E-state index contributed by atoms with van der Waals surface area (Å²) in [5.74, 6) is 4.12. The van der Waals surface area contributed by atoms with Crippen LogP contribution in [0.4, 0.5) is 0 Å². The third kappa shape index (κ3) is 6.06. The summed E-state index contributed by atoms with van der Waals surface area (Å²) in [5, 5.41) is 0. The molecule has 2 aromatic rings. The van der Waals surface area contributed by atoms with Crippen LogP contribution in [0.3, 0.4) is 0 Å². The second-order valence-electron chi connectivity index (χ2n) is 9.71. The van der Waals surface area contributed by atoms with Crippen molar-refractivity contribution in [2.24, 2.45) is 23.7 Å². The second-order valence-corrected chi connectivity index (χ2v) is 13.4. The molecule has 0 spiro atoms. The van der Waals surface area contributed by atoms with E-state index in [0.717, 1.165) is 17.8 Å². The van der Waals surface area contributed by atoms with Gasteiger partial charge in [0.25, 0.3) is 0 Å². The van der Waals surface area contributed by atoms with E-state index in [9.17, 15) is 0 Å². The van der Waals surface area contributed by atoms with Crippen LogP contribution in [0.5, 0.6) is 0 Å². The molecule has 5 atom stereocenters. The van der Waals surface area contributed by atoms with Gasteiger partial charge in [0.2, 0.25) is 0 Å². The van der Waals surface area contributed by atoms with Crippen molar-refractivity contribution in [3.63, 3.8) is 0 Å². The number of benzene rings is 2. The first kappa shape index (κ1) is 28.4. The fourth-order valence-corrected chi connectivity index (χ4v) is 6.70. The summed E-state index contributed by atoms with van der Waals surface area (Å²) in [7, 11) is 9.87. The van der Waals surface area contributed by atoms with Gasteiger partial charge >= 0.3 is 37.9 Å². The van der Waals surface area contributed by atoms with Crippen LogP contribution < -0.4 is 0 Å². The zero-order chi connectivity index (χ0) is 22.6. The van der Waals surface area contributed by atoms with Gasteiger partial charge in [-0.1, -0.05) is 97.1 Å². The van der Waals surface area contributed by atoms with Crippen LogP contribution in [0.25, 0.3) is 11.1 Å². The molecule has 2 fully saturated rings. The number of hydrogen-bond donors (Lipinski definition) is 0. The van der Waals surface area contributed by atoms with E-state index in [2.05, 4.69) is 97.1 Å². The fourth-order valence-electron chi connectivity index (χ4n) is 6.70. The number of halogens is 2. The van der Waals surface area contributed by atoms with Gasteiger partial charge < -0.3 is 14.9 Å². The van der Waals surface area contributed by atoms with Crippen molar-refractivity contribution >= 4 is 17.0 Å². The molecule has 4 aliphatic rings. The van der Waals surface area contributed by atoms with Crippen LogP contribution in [0.15, 0.2) is 97.1 Å². The molecule has 0 aliphatic heterocycles. The SMILES string of the molecule is C1=CC2CC(c3ccccc3-c3ccccc3C3CCC4C=CC=CC43)CC2C=C1.[CH3-].[CH3-].[Cl][Zr+2][Cl]. The molecule has 2 saturated carbocycles. The Morgan fingerprint density at radius 3 is 1.71 bits per heavy atom. The van der Waals surface area contributed by atoms with Gasteiger partial charge in [0.1, 0.15) is 0 Å². The molecule has 5 unspecified atom stereocenters. The number of fused-ring (bicyclic) bond motifs is 2. The summed E-state index contributed by atoms with van der Waals surface area (Å²) in [4.78, 5) is 0. The van der Waals surface area contributed by atoms with Crippen LogP contribution in [-0.2, 0) is 20.8 Å². The van der Waals surface area contributed by atoms with E-state index in [1.165, 1.54) is 36.8 Å². The molecular weight excluding hydrogens is 546 g/mol. The Hall–Kier alpha value is -1.14. The first-order valence-electron chi connectivity index (χ1n) is 12.1.